The molecule has 5 nitrogen and oxygen atoms in total. The molecule has 1 rings (SSSR count). The Balaban J connectivity index is 0.00000154. The van der Waals surface area contributed by atoms with E-state index in [9.17, 15) is 9.59 Å². The molecule has 1 N–H and O–H groups in total. The number of carbonyl (C=O) groups excluding carboxylic acids is 2. The van der Waals surface area contributed by atoms with Gasteiger partial charge in [0.05, 0.1) is 0 Å². The molecule has 1 fully saturated rings. The van der Waals surface area contributed by atoms with Crippen molar-refractivity contribution in [1.29, 1.82) is 0 Å². The molecular formula is C14H23N3O2. The molecule has 0 saturated carbocycles. The summed E-state index contributed by atoms with van der Waals surface area (Å²) in [4.78, 5) is 28.5. The lowest BCUT2D eigenvalue weighted by atomic mass is 10.3. The number of urea groups is 1. The molecule has 0 unspecified atom stereocenters. The quantitative estimate of drug-likeness (QED) is 0.484. The second-order valence-electron chi connectivity index (χ2n) is 3.93. The van der Waals surface area contributed by atoms with Crippen LogP contribution in [0, 0.1) is 0 Å². The minimum Gasteiger partial charge on any atom is -0.278 e. The van der Waals surface area contributed by atoms with Gasteiger partial charge in [0.15, 0.2) is 0 Å². The zero-order valence-corrected chi connectivity index (χ0v) is 12.1. The van der Waals surface area contributed by atoms with Crippen LogP contribution < -0.4 is 5.32 Å². The molecule has 0 bridgehead atoms. The molecule has 0 aromatic carbocycles. The zero-order chi connectivity index (χ0) is 14.8. The van der Waals surface area contributed by atoms with E-state index in [1.165, 1.54) is 4.90 Å². The van der Waals surface area contributed by atoms with Crippen molar-refractivity contribution in [1.82, 2.24) is 10.2 Å². The first-order valence-electron chi connectivity index (χ1n) is 6.53. The average Bonchev–Trinajstić information content (AvgIpc) is 2.37. The first-order chi connectivity index (χ1) is 9.04. The molecule has 0 aromatic heterocycles. The van der Waals surface area contributed by atoms with E-state index in [0.29, 0.717) is 18.8 Å². The summed E-state index contributed by atoms with van der Waals surface area (Å²) >= 11 is 0. The predicted molar refractivity (Wildman–Crippen MR) is 78.1 cm³/mol. The SMILES string of the molecule is C=C/C=C\C(=NC(C)C)N1CCC(=O)NC1=O.CC. The van der Waals surface area contributed by atoms with Crippen LogP contribution in [0.25, 0.3) is 0 Å². The number of allylic oxidation sites excluding steroid dienone is 2. The number of amides is 3. The Morgan fingerprint density at radius 1 is 1.42 bits per heavy atom. The number of hydrogen-bond acceptors (Lipinski definition) is 3. The summed E-state index contributed by atoms with van der Waals surface area (Å²) in [5.41, 5.74) is 0. The maximum absolute atomic E-state index is 11.6. The van der Waals surface area contributed by atoms with E-state index < -0.39 is 6.03 Å². The van der Waals surface area contributed by atoms with Gasteiger partial charge in [-0.15, -0.1) is 0 Å². The monoisotopic (exact) mass is 265 g/mol. The van der Waals surface area contributed by atoms with E-state index in [1.54, 1.807) is 18.2 Å². The number of amidine groups is 1. The zero-order valence-electron chi connectivity index (χ0n) is 12.1. The Kier molecular flexibility index (Phi) is 8.17. The number of rotatable bonds is 3. The minimum atomic E-state index is -0.422. The first kappa shape index (κ1) is 17.1. The predicted octanol–water partition coefficient (Wildman–Crippen LogP) is 2.50. The maximum atomic E-state index is 11.6. The van der Waals surface area contributed by atoms with Crippen LogP contribution in [0.15, 0.2) is 29.8 Å². The highest BCUT2D eigenvalue weighted by Gasteiger charge is 2.25. The third-order valence-electron chi connectivity index (χ3n) is 2.10. The van der Waals surface area contributed by atoms with Crippen molar-refractivity contribution in [3.63, 3.8) is 0 Å². The van der Waals surface area contributed by atoms with Crippen LogP contribution in [0.2, 0.25) is 0 Å². The van der Waals surface area contributed by atoms with Crippen LogP contribution in [0.4, 0.5) is 4.79 Å². The highest BCUT2D eigenvalue weighted by molar-refractivity contribution is 6.09. The van der Waals surface area contributed by atoms with Crippen LogP contribution in [-0.4, -0.2) is 35.3 Å². The molecule has 5 heteroatoms. The molecule has 0 radical (unpaired) electrons. The number of imide groups is 1. The second-order valence-corrected chi connectivity index (χ2v) is 3.93. The van der Waals surface area contributed by atoms with Gasteiger partial charge < -0.3 is 0 Å². The summed E-state index contributed by atoms with van der Waals surface area (Å²) in [6.45, 7) is 11.8. The van der Waals surface area contributed by atoms with Gasteiger partial charge in [0.2, 0.25) is 5.91 Å². The fourth-order valence-electron chi connectivity index (χ4n) is 1.40. The molecule has 0 spiro atoms. The number of nitrogens with one attached hydrogen (secondary N) is 1. The van der Waals surface area contributed by atoms with Gasteiger partial charge in [-0.3, -0.25) is 20.0 Å². The molecule has 0 aliphatic carbocycles. The molecule has 1 saturated heterocycles. The van der Waals surface area contributed by atoms with Crippen molar-refractivity contribution in [3.8, 4) is 0 Å². The van der Waals surface area contributed by atoms with Gasteiger partial charge in [0.1, 0.15) is 5.84 Å². The lowest BCUT2D eigenvalue weighted by molar-refractivity contribution is -0.121. The van der Waals surface area contributed by atoms with E-state index in [1.807, 2.05) is 27.7 Å². The molecule has 1 heterocycles. The van der Waals surface area contributed by atoms with E-state index in [4.69, 9.17) is 0 Å². The van der Waals surface area contributed by atoms with Crippen molar-refractivity contribution in [2.45, 2.75) is 40.2 Å². The van der Waals surface area contributed by atoms with Crippen LogP contribution in [-0.2, 0) is 4.79 Å². The number of carbonyl (C=O) groups is 2. The Bertz CT molecular complexity index is 384. The number of aliphatic imine (C=N–C) groups is 1. The summed E-state index contributed by atoms with van der Waals surface area (Å²) in [7, 11) is 0. The standard InChI is InChI=1S/C12H17N3O2.C2H6/c1-4-5-6-10(13-9(2)3)15-8-7-11(16)14-12(15)17;1-2/h4-6,9H,1,7-8H2,2-3H3,(H,14,16,17);1-2H3/b6-5-,13-10?;. The second kappa shape index (κ2) is 9.08. The molecule has 3 amide bonds. The van der Waals surface area contributed by atoms with Crippen molar-refractivity contribution < 1.29 is 9.59 Å². The third kappa shape index (κ3) is 5.99. The summed E-state index contributed by atoms with van der Waals surface area (Å²) in [5.74, 6) is 0.299. The van der Waals surface area contributed by atoms with Gasteiger partial charge in [0.25, 0.3) is 0 Å². The number of hydrogen-bond donors (Lipinski definition) is 1. The van der Waals surface area contributed by atoms with Crippen molar-refractivity contribution in [3.05, 3.63) is 24.8 Å². The van der Waals surface area contributed by atoms with E-state index in [-0.39, 0.29) is 11.9 Å². The summed E-state index contributed by atoms with van der Waals surface area (Å²) in [5, 5.41) is 2.27. The van der Waals surface area contributed by atoms with E-state index in [2.05, 4.69) is 16.9 Å². The topological polar surface area (TPSA) is 61.8 Å². The average molecular weight is 265 g/mol. The van der Waals surface area contributed by atoms with Crippen LogP contribution in [0.5, 0.6) is 0 Å². The molecular weight excluding hydrogens is 242 g/mol. The first-order valence-corrected chi connectivity index (χ1v) is 6.53. The van der Waals surface area contributed by atoms with Crippen LogP contribution in [0.1, 0.15) is 34.1 Å². The van der Waals surface area contributed by atoms with Crippen LogP contribution in [0.3, 0.4) is 0 Å². The summed E-state index contributed by atoms with van der Waals surface area (Å²) in [6, 6.07) is -0.348. The summed E-state index contributed by atoms with van der Waals surface area (Å²) in [6.07, 6.45) is 5.33. The summed E-state index contributed by atoms with van der Waals surface area (Å²) < 4.78 is 0. The van der Waals surface area contributed by atoms with Gasteiger partial charge in [-0.05, 0) is 19.9 Å². The van der Waals surface area contributed by atoms with E-state index >= 15 is 0 Å². The molecule has 106 valence electrons. The highest BCUT2D eigenvalue weighted by Crippen LogP contribution is 2.05. The minimum absolute atomic E-state index is 0.0740. The van der Waals surface area contributed by atoms with Crippen LogP contribution >= 0.6 is 0 Å². The Morgan fingerprint density at radius 3 is 2.53 bits per heavy atom. The molecule has 1 aliphatic rings. The van der Waals surface area contributed by atoms with Crippen molar-refractivity contribution >= 4 is 17.8 Å². The smallest absolute Gasteiger partial charge is 0.278 e. The Labute approximate surface area is 115 Å². The molecule has 19 heavy (non-hydrogen) atoms. The largest absolute Gasteiger partial charge is 0.329 e. The molecule has 1 aliphatic heterocycles. The number of nitrogens with zero attached hydrogens (tertiary/aromatic N) is 2. The van der Waals surface area contributed by atoms with Gasteiger partial charge in [-0.1, -0.05) is 32.6 Å². The van der Waals surface area contributed by atoms with Gasteiger partial charge in [-0.25, -0.2) is 4.79 Å². The lowest BCUT2D eigenvalue weighted by Crippen LogP contribution is -2.51. The van der Waals surface area contributed by atoms with Gasteiger partial charge in [0, 0.05) is 19.0 Å². The fourth-order valence-corrected chi connectivity index (χ4v) is 1.40. The highest BCUT2D eigenvalue weighted by atomic mass is 16.2. The van der Waals surface area contributed by atoms with Gasteiger partial charge in [-0.2, -0.15) is 0 Å². The van der Waals surface area contributed by atoms with Gasteiger partial charge >= 0.3 is 6.03 Å². The maximum Gasteiger partial charge on any atom is 0.329 e. The fraction of sp³-hybridized carbons (Fsp3) is 0.500. The van der Waals surface area contributed by atoms with E-state index in [0.717, 1.165) is 0 Å². The Hall–Kier alpha value is -1.91. The van der Waals surface area contributed by atoms with Crippen molar-refractivity contribution in [2.75, 3.05) is 6.54 Å². The third-order valence-corrected chi connectivity index (χ3v) is 2.10. The molecule has 0 aromatic rings. The van der Waals surface area contributed by atoms with Crippen molar-refractivity contribution in [2.24, 2.45) is 4.99 Å². The lowest BCUT2D eigenvalue weighted by Gasteiger charge is -2.26. The normalized spacial score (nSPS) is 16.3. The Morgan fingerprint density at radius 2 is 2.05 bits per heavy atom. The molecule has 0 atom stereocenters.